The second kappa shape index (κ2) is 8.47. The Morgan fingerprint density at radius 3 is 1.50 bits per heavy atom. The molecule has 24 heavy (non-hydrogen) atoms. The topological polar surface area (TPSA) is 12.0 Å². The molecule has 0 amide bonds. The highest BCUT2D eigenvalue weighted by molar-refractivity contribution is 5.32. The maximum Gasteiger partial charge on any atom is 0.0291 e. The van der Waals surface area contributed by atoms with Crippen LogP contribution in [0.1, 0.15) is 42.0 Å². The second-order valence-electron chi connectivity index (χ2n) is 6.25. The van der Waals surface area contributed by atoms with E-state index in [2.05, 4.69) is 103 Å². The zero-order valence-electron chi connectivity index (χ0n) is 14.2. The van der Waals surface area contributed by atoms with Gasteiger partial charge < -0.3 is 5.32 Å². The standard InChI is InChI=1S/C23H25N/c1-19(20-11-5-2-6-12-20)24-18-17-23(21-13-7-3-8-14-21)22-15-9-4-10-16-22/h2-16,19,23-24H,17-18H2,1H3/t19-/m1/s1. The van der Waals surface area contributed by atoms with Gasteiger partial charge in [-0.2, -0.15) is 0 Å². The smallest absolute Gasteiger partial charge is 0.0291 e. The van der Waals surface area contributed by atoms with Gasteiger partial charge >= 0.3 is 0 Å². The molecule has 3 rings (SSSR count). The lowest BCUT2D eigenvalue weighted by Gasteiger charge is -2.20. The summed E-state index contributed by atoms with van der Waals surface area (Å²) >= 11 is 0. The number of benzene rings is 3. The van der Waals surface area contributed by atoms with Gasteiger partial charge in [0.25, 0.3) is 0 Å². The molecule has 0 radical (unpaired) electrons. The predicted octanol–water partition coefficient (Wildman–Crippen LogP) is 5.56. The fourth-order valence-corrected chi connectivity index (χ4v) is 3.20. The van der Waals surface area contributed by atoms with Gasteiger partial charge in [-0.1, -0.05) is 91.0 Å². The number of rotatable bonds is 7. The van der Waals surface area contributed by atoms with Crippen molar-refractivity contribution in [1.29, 1.82) is 0 Å². The first-order chi connectivity index (χ1) is 11.8. The molecular weight excluding hydrogens is 290 g/mol. The normalized spacial score (nSPS) is 12.2. The summed E-state index contributed by atoms with van der Waals surface area (Å²) in [6.07, 6.45) is 1.09. The third-order valence-corrected chi connectivity index (χ3v) is 4.59. The summed E-state index contributed by atoms with van der Waals surface area (Å²) in [5.74, 6) is 0.433. The molecule has 3 aromatic rings. The molecule has 1 heteroatoms. The Hall–Kier alpha value is -2.38. The summed E-state index contributed by atoms with van der Waals surface area (Å²) in [6, 6.07) is 32.6. The zero-order valence-corrected chi connectivity index (χ0v) is 14.2. The van der Waals surface area contributed by atoms with Crippen molar-refractivity contribution in [1.82, 2.24) is 5.32 Å². The molecule has 0 spiro atoms. The van der Waals surface area contributed by atoms with Crippen LogP contribution in [-0.2, 0) is 0 Å². The van der Waals surface area contributed by atoms with Gasteiger partial charge in [0.2, 0.25) is 0 Å². The second-order valence-corrected chi connectivity index (χ2v) is 6.25. The summed E-state index contributed by atoms with van der Waals surface area (Å²) < 4.78 is 0. The third kappa shape index (κ3) is 4.33. The Balaban J connectivity index is 1.67. The van der Waals surface area contributed by atoms with Gasteiger partial charge in [-0.15, -0.1) is 0 Å². The van der Waals surface area contributed by atoms with Gasteiger partial charge in [-0.3, -0.25) is 0 Å². The van der Waals surface area contributed by atoms with E-state index in [0.717, 1.165) is 13.0 Å². The molecule has 3 aromatic carbocycles. The van der Waals surface area contributed by atoms with Crippen LogP contribution in [0.15, 0.2) is 91.0 Å². The fraction of sp³-hybridized carbons (Fsp3) is 0.217. The number of hydrogen-bond donors (Lipinski definition) is 1. The van der Waals surface area contributed by atoms with Gasteiger partial charge in [-0.05, 0) is 36.6 Å². The van der Waals surface area contributed by atoms with Crippen molar-refractivity contribution in [3.05, 3.63) is 108 Å². The van der Waals surface area contributed by atoms with Crippen molar-refractivity contribution in [3.63, 3.8) is 0 Å². The van der Waals surface area contributed by atoms with E-state index in [1.54, 1.807) is 0 Å². The van der Waals surface area contributed by atoms with Crippen molar-refractivity contribution in [3.8, 4) is 0 Å². The van der Waals surface area contributed by atoms with E-state index in [0.29, 0.717) is 12.0 Å². The Bertz CT molecular complexity index is 667. The molecule has 1 N–H and O–H groups in total. The zero-order chi connectivity index (χ0) is 16.6. The van der Waals surface area contributed by atoms with E-state index in [9.17, 15) is 0 Å². The van der Waals surface area contributed by atoms with E-state index in [1.165, 1.54) is 16.7 Å². The quantitative estimate of drug-likeness (QED) is 0.602. The maximum absolute atomic E-state index is 3.67. The summed E-state index contributed by atoms with van der Waals surface area (Å²) in [6.45, 7) is 3.22. The minimum Gasteiger partial charge on any atom is -0.310 e. The molecule has 0 fully saturated rings. The number of nitrogens with one attached hydrogen (secondary N) is 1. The molecule has 0 aliphatic carbocycles. The molecule has 0 saturated heterocycles. The van der Waals surface area contributed by atoms with Crippen molar-refractivity contribution < 1.29 is 0 Å². The summed E-state index contributed by atoms with van der Waals surface area (Å²) in [5, 5.41) is 3.67. The monoisotopic (exact) mass is 315 g/mol. The minimum absolute atomic E-state index is 0.374. The van der Waals surface area contributed by atoms with Crippen LogP contribution in [0.25, 0.3) is 0 Å². The van der Waals surface area contributed by atoms with E-state index in [-0.39, 0.29) is 0 Å². The minimum atomic E-state index is 0.374. The molecule has 1 atom stereocenters. The molecule has 1 nitrogen and oxygen atoms in total. The van der Waals surface area contributed by atoms with Crippen LogP contribution in [0.5, 0.6) is 0 Å². The Morgan fingerprint density at radius 2 is 1.04 bits per heavy atom. The maximum atomic E-state index is 3.67. The van der Waals surface area contributed by atoms with Gasteiger partial charge in [0.05, 0.1) is 0 Å². The average Bonchev–Trinajstić information content (AvgIpc) is 2.67. The van der Waals surface area contributed by atoms with Crippen molar-refractivity contribution in [2.24, 2.45) is 0 Å². The summed E-state index contributed by atoms with van der Waals surface area (Å²) in [7, 11) is 0. The predicted molar refractivity (Wildman–Crippen MR) is 102 cm³/mol. The first kappa shape index (κ1) is 16.5. The lowest BCUT2D eigenvalue weighted by atomic mass is 9.88. The van der Waals surface area contributed by atoms with Crippen LogP contribution >= 0.6 is 0 Å². The van der Waals surface area contributed by atoms with Crippen LogP contribution in [0, 0.1) is 0 Å². The highest BCUT2D eigenvalue weighted by Gasteiger charge is 2.14. The van der Waals surface area contributed by atoms with Crippen LogP contribution in [0.4, 0.5) is 0 Å². The van der Waals surface area contributed by atoms with E-state index in [4.69, 9.17) is 0 Å². The lowest BCUT2D eigenvalue weighted by molar-refractivity contribution is 0.540. The third-order valence-electron chi connectivity index (χ3n) is 4.59. The molecule has 0 aliphatic heterocycles. The molecule has 0 unspecified atom stereocenters. The Labute approximate surface area is 145 Å². The molecule has 0 aliphatic rings. The largest absolute Gasteiger partial charge is 0.310 e. The Kier molecular flexibility index (Phi) is 5.81. The molecule has 0 saturated carbocycles. The van der Waals surface area contributed by atoms with Crippen molar-refractivity contribution >= 4 is 0 Å². The number of hydrogen-bond acceptors (Lipinski definition) is 1. The summed E-state index contributed by atoms with van der Waals surface area (Å²) in [5.41, 5.74) is 4.12. The van der Waals surface area contributed by atoms with Crippen LogP contribution in [-0.4, -0.2) is 6.54 Å². The van der Waals surface area contributed by atoms with Crippen molar-refractivity contribution in [2.45, 2.75) is 25.3 Å². The van der Waals surface area contributed by atoms with Crippen LogP contribution in [0.3, 0.4) is 0 Å². The highest BCUT2D eigenvalue weighted by atomic mass is 14.9. The van der Waals surface area contributed by atoms with Crippen molar-refractivity contribution in [2.75, 3.05) is 6.54 Å². The van der Waals surface area contributed by atoms with E-state index < -0.39 is 0 Å². The van der Waals surface area contributed by atoms with Gasteiger partial charge in [0, 0.05) is 12.0 Å². The highest BCUT2D eigenvalue weighted by Crippen LogP contribution is 2.27. The molecule has 0 bridgehead atoms. The molecule has 122 valence electrons. The first-order valence-electron chi connectivity index (χ1n) is 8.73. The average molecular weight is 315 g/mol. The first-order valence-corrected chi connectivity index (χ1v) is 8.73. The van der Waals surface area contributed by atoms with Gasteiger partial charge in [0.15, 0.2) is 0 Å². The van der Waals surface area contributed by atoms with E-state index >= 15 is 0 Å². The fourth-order valence-electron chi connectivity index (χ4n) is 3.20. The van der Waals surface area contributed by atoms with Gasteiger partial charge in [-0.25, -0.2) is 0 Å². The lowest BCUT2D eigenvalue weighted by Crippen LogP contribution is -2.21. The van der Waals surface area contributed by atoms with Crippen LogP contribution < -0.4 is 5.32 Å². The molecular formula is C23H25N. The molecule has 0 heterocycles. The van der Waals surface area contributed by atoms with Crippen LogP contribution in [0.2, 0.25) is 0 Å². The van der Waals surface area contributed by atoms with E-state index in [1.807, 2.05) is 0 Å². The molecule has 0 aromatic heterocycles. The summed E-state index contributed by atoms with van der Waals surface area (Å²) in [4.78, 5) is 0. The Morgan fingerprint density at radius 1 is 0.625 bits per heavy atom. The SMILES string of the molecule is C[C@@H](NCCC(c1ccccc1)c1ccccc1)c1ccccc1. The van der Waals surface area contributed by atoms with Gasteiger partial charge in [0.1, 0.15) is 0 Å².